The summed E-state index contributed by atoms with van der Waals surface area (Å²) in [7, 11) is 2.24. The Morgan fingerprint density at radius 2 is 1.40 bits per heavy atom. The molecule has 2 aromatic carbocycles. The number of aliphatic hydroxyl groups is 1. The molecule has 134 valence electrons. The Kier molecular flexibility index (Phi) is 6.59. The Morgan fingerprint density at radius 1 is 0.880 bits per heavy atom. The number of piperazine rings is 1. The summed E-state index contributed by atoms with van der Waals surface area (Å²) in [4.78, 5) is 3.07. The van der Waals surface area contributed by atoms with Crippen LogP contribution in [0.3, 0.4) is 0 Å². The minimum Gasteiger partial charge on any atom is -0.385 e. The fraction of sp³-hybridized carbons (Fsp3) is 0.429. The van der Waals surface area contributed by atoms with Crippen molar-refractivity contribution in [2.24, 2.45) is 0 Å². The van der Waals surface area contributed by atoms with Crippen molar-refractivity contribution in [3.05, 3.63) is 71.8 Å². The first-order valence-corrected chi connectivity index (χ1v) is 9.27. The lowest BCUT2D eigenvalue weighted by molar-refractivity contribution is -1.00. The number of benzene rings is 2. The molecule has 0 radical (unpaired) electrons. The molecular formula is C21H30N2O2+2. The van der Waals surface area contributed by atoms with Gasteiger partial charge in [-0.15, -0.1) is 0 Å². The molecule has 4 nitrogen and oxygen atoms in total. The largest absolute Gasteiger partial charge is 0.385 e. The Balaban J connectivity index is 1.59. The van der Waals surface area contributed by atoms with Gasteiger partial charge in [-0.05, 0) is 11.1 Å². The van der Waals surface area contributed by atoms with E-state index in [0.717, 1.165) is 30.8 Å². The maximum Gasteiger partial charge on any atom is 0.127 e. The summed E-state index contributed by atoms with van der Waals surface area (Å²) >= 11 is 0. The highest BCUT2D eigenvalue weighted by Gasteiger charge is 2.24. The number of ether oxygens (including phenoxy) is 1. The molecule has 0 unspecified atom stereocenters. The van der Waals surface area contributed by atoms with E-state index in [9.17, 15) is 5.11 Å². The Hall–Kier alpha value is -1.72. The highest BCUT2D eigenvalue weighted by atomic mass is 16.5. The zero-order chi connectivity index (χ0) is 17.5. The van der Waals surface area contributed by atoms with Gasteiger partial charge < -0.3 is 19.6 Å². The molecule has 0 amide bonds. The van der Waals surface area contributed by atoms with Gasteiger partial charge in [-0.1, -0.05) is 60.7 Å². The Morgan fingerprint density at radius 3 is 1.92 bits per heavy atom. The first kappa shape index (κ1) is 18.1. The first-order chi connectivity index (χ1) is 12.2. The van der Waals surface area contributed by atoms with Gasteiger partial charge in [0.05, 0.1) is 13.7 Å². The van der Waals surface area contributed by atoms with Gasteiger partial charge in [0.15, 0.2) is 0 Å². The SMILES string of the molecule is C[NH+]1CC[NH+](C[C@@H](O)COC(c2ccccc2)c2ccccc2)CC1. The van der Waals surface area contributed by atoms with E-state index in [2.05, 4.69) is 31.3 Å². The van der Waals surface area contributed by atoms with E-state index in [1.807, 2.05) is 36.4 Å². The molecule has 0 aromatic heterocycles. The molecular weight excluding hydrogens is 312 g/mol. The van der Waals surface area contributed by atoms with Crippen molar-refractivity contribution >= 4 is 0 Å². The molecule has 0 spiro atoms. The second kappa shape index (κ2) is 9.11. The van der Waals surface area contributed by atoms with E-state index in [1.165, 1.54) is 18.0 Å². The van der Waals surface area contributed by atoms with E-state index in [0.29, 0.717) is 6.61 Å². The van der Waals surface area contributed by atoms with E-state index in [-0.39, 0.29) is 6.10 Å². The van der Waals surface area contributed by atoms with E-state index in [4.69, 9.17) is 4.74 Å². The van der Waals surface area contributed by atoms with Crippen LogP contribution < -0.4 is 9.80 Å². The third-order valence-corrected chi connectivity index (χ3v) is 4.99. The van der Waals surface area contributed by atoms with Gasteiger partial charge in [0.25, 0.3) is 0 Å². The fourth-order valence-electron chi connectivity index (χ4n) is 3.47. The molecule has 1 fully saturated rings. The summed E-state index contributed by atoms with van der Waals surface area (Å²) in [5.74, 6) is 0. The van der Waals surface area contributed by atoms with Crippen LogP contribution in [0.2, 0.25) is 0 Å². The van der Waals surface area contributed by atoms with Crippen molar-refractivity contribution < 1.29 is 19.6 Å². The minimum absolute atomic E-state index is 0.135. The Bertz CT molecular complexity index is 573. The van der Waals surface area contributed by atoms with Crippen LogP contribution in [0.4, 0.5) is 0 Å². The van der Waals surface area contributed by atoms with E-state index < -0.39 is 6.10 Å². The molecule has 4 heteroatoms. The van der Waals surface area contributed by atoms with Gasteiger partial charge in [-0.3, -0.25) is 0 Å². The molecule has 1 aliphatic heterocycles. The van der Waals surface area contributed by atoms with Gasteiger partial charge in [0, 0.05) is 0 Å². The van der Waals surface area contributed by atoms with E-state index in [1.54, 1.807) is 4.90 Å². The number of nitrogens with one attached hydrogen (secondary N) is 2. The fourth-order valence-corrected chi connectivity index (χ4v) is 3.47. The van der Waals surface area contributed by atoms with Crippen molar-refractivity contribution in [2.75, 3.05) is 46.4 Å². The summed E-state index contributed by atoms with van der Waals surface area (Å²) in [5.41, 5.74) is 2.24. The monoisotopic (exact) mass is 342 g/mol. The summed E-state index contributed by atoms with van der Waals surface area (Å²) in [6.07, 6.45) is -0.563. The lowest BCUT2D eigenvalue weighted by Gasteiger charge is -2.29. The van der Waals surface area contributed by atoms with E-state index >= 15 is 0 Å². The number of likely N-dealkylation sites (N-methyl/N-ethyl adjacent to an activating group) is 1. The molecule has 0 saturated carbocycles. The maximum absolute atomic E-state index is 10.5. The molecule has 1 atom stereocenters. The topological polar surface area (TPSA) is 38.3 Å². The van der Waals surface area contributed by atoms with Crippen molar-refractivity contribution in [3.8, 4) is 0 Å². The number of hydrogen-bond donors (Lipinski definition) is 3. The molecule has 0 aliphatic carbocycles. The van der Waals surface area contributed by atoms with Gasteiger partial charge in [-0.25, -0.2) is 0 Å². The molecule has 1 heterocycles. The highest BCUT2D eigenvalue weighted by molar-refractivity contribution is 5.29. The lowest BCUT2D eigenvalue weighted by atomic mass is 10.0. The number of aliphatic hydroxyl groups excluding tert-OH is 1. The predicted molar refractivity (Wildman–Crippen MR) is 98.9 cm³/mol. The van der Waals surface area contributed by atoms with Crippen LogP contribution in [-0.2, 0) is 4.74 Å². The summed E-state index contributed by atoms with van der Waals surface area (Å²) in [5, 5.41) is 10.5. The molecule has 1 aliphatic rings. The predicted octanol–water partition coefficient (Wildman–Crippen LogP) is -0.433. The van der Waals surface area contributed by atoms with Crippen molar-refractivity contribution in [3.63, 3.8) is 0 Å². The summed E-state index contributed by atoms with van der Waals surface area (Å²) in [6, 6.07) is 20.5. The molecule has 0 bridgehead atoms. The van der Waals surface area contributed by atoms with Crippen LogP contribution in [0.25, 0.3) is 0 Å². The zero-order valence-electron chi connectivity index (χ0n) is 15.0. The van der Waals surface area contributed by atoms with Crippen molar-refractivity contribution in [1.29, 1.82) is 0 Å². The van der Waals surface area contributed by atoms with Gasteiger partial charge in [0.1, 0.15) is 44.9 Å². The maximum atomic E-state index is 10.5. The molecule has 25 heavy (non-hydrogen) atoms. The molecule has 3 rings (SSSR count). The first-order valence-electron chi connectivity index (χ1n) is 9.27. The number of rotatable bonds is 7. The summed E-state index contributed by atoms with van der Waals surface area (Å²) < 4.78 is 6.17. The third kappa shape index (κ3) is 5.38. The van der Waals surface area contributed by atoms with Crippen LogP contribution >= 0.6 is 0 Å². The zero-order valence-corrected chi connectivity index (χ0v) is 15.0. The quantitative estimate of drug-likeness (QED) is 0.639. The average Bonchev–Trinajstić information content (AvgIpc) is 2.66. The van der Waals surface area contributed by atoms with Crippen LogP contribution in [0.15, 0.2) is 60.7 Å². The van der Waals surface area contributed by atoms with Crippen molar-refractivity contribution in [2.45, 2.75) is 12.2 Å². The van der Waals surface area contributed by atoms with Crippen LogP contribution in [0.1, 0.15) is 17.2 Å². The van der Waals surface area contributed by atoms with Crippen molar-refractivity contribution in [1.82, 2.24) is 0 Å². The normalized spacial score (nSPS) is 22.0. The third-order valence-electron chi connectivity index (χ3n) is 4.99. The number of quaternary nitrogens is 2. The van der Waals surface area contributed by atoms with Crippen LogP contribution in [0, 0.1) is 0 Å². The molecule has 2 aromatic rings. The lowest BCUT2D eigenvalue weighted by Crippen LogP contribution is -3.27. The second-order valence-electron chi connectivity index (χ2n) is 7.10. The number of hydrogen-bond acceptors (Lipinski definition) is 2. The molecule has 1 saturated heterocycles. The van der Waals surface area contributed by atoms with Gasteiger partial charge >= 0.3 is 0 Å². The Labute approximate surface area is 150 Å². The van der Waals surface area contributed by atoms with Gasteiger partial charge in [-0.2, -0.15) is 0 Å². The average molecular weight is 342 g/mol. The van der Waals surface area contributed by atoms with Gasteiger partial charge in [0.2, 0.25) is 0 Å². The molecule has 3 N–H and O–H groups in total. The smallest absolute Gasteiger partial charge is 0.127 e. The van der Waals surface area contributed by atoms with Crippen LogP contribution in [-0.4, -0.2) is 57.6 Å². The summed E-state index contributed by atoms with van der Waals surface area (Å²) in [6.45, 7) is 5.75. The second-order valence-corrected chi connectivity index (χ2v) is 7.10. The minimum atomic E-state index is -0.427. The standard InChI is InChI=1S/C21H28N2O2/c1-22-12-14-23(15-13-22)16-20(24)17-25-21(18-8-4-2-5-9-18)19-10-6-3-7-11-19/h2-11,20-21,24H,12-17H2,1H3/p+2/t20-/m1/s1. The highest BCUT2D eigenvalue weighted by Crippen LogP contribution is 2.25. The van der Waals surface area contributed by atoms with Crippen LogP contribution in [0.5, 0.6) is 0 Å².